The summed E-state index contributed by atoms with van der Waals surface area (Å²) in [7, 11) is 1.17. The Labute approximate surface area is 84.3 Å². The van der Waals surface area contributed by atoms with Crippen molar-refractivity contribution in [3.8, 4) is 0 Å². The van der Waals surface area contributed by atoms with Crippen LogP contribution in [0, 0.1) is 5.95 Å². The van der Waals surface area contributed by atoms with E-state index in [1.807, 2.05) is 0 Å². The predicted octanol–water partition coefficient (Wildman–Crippen LogP) is 0.429. The molecule has 1 aromatic rings. The predicted molar refractivity (Wildman–Crippen MR) is 47.6 cm³/mol. The Hall–Kier alpha value is -1.98. The van der Waals surface area contributed by atoms with Crippen LogP contribution in [-0.4, -0.2) is 24.0 Å². The highest BCUT2D eigenvalue weighted by Crippen LogP contribution is 2.32. The van der Waals surface area contributed by atoms with Gasteiger partial charge in [0.15, 0.2) is 5.92 Å². The van der Waals surface area contributed by atoms with E-state index < -0.39 is 23.7 Å². The van der Waals surface area contributed by atoms with Crippen LogP contribution in [0.1, 0.15) is 11.5 Å². The summed E-state index contributed by atoms with van der Waals surface area (Å²) in [6, 6.07) is 1.05. The van der Waals surface area contributed by atoms with Gasteiger partial charge in [0, 0.05) is 5.56 Å². The normalized spacial score (nSPS) is 18.3. The molecule has 78 valence electrons. The Morgan fingerprint density at radius 3 is 3.07 bits per heavy atom. The maximum absolute atomic E-state index is 12.8. The number of nitrogens with one attached hydrogen (secondary N) is 1. The number of carbonyl (C=O) groups excluding carboxylic acids is 2. The number of rotatable bonds is 1. The first-order valence-electron chi connectivity index (χ1n) is 4.17. The van der Waals surface area contributed by atoms with Crippen LogP contribution >= 0.6 is 0 Å². The molecule has 1 atom stereocenters. The standard InChI is InChI=1S/C9H7FN2O3/c1-15-9(14)7-4-2-6(10)11-3-5(4)12-8(7)13/h2-3,7H,1H3,(H,12,13). The average Bonchev–Trinajstić information content (AvgIpc) is 2.52. The summed E-state index contributed by atoms with van der Waals surface area (Å²) in [5, 5.41) is 2.42. The van der Waals surface area contributed by atoms with E-state index in [4.69, 9.17) is 0 Å². The molecule has 0 bridgehead atoms. The van der Waals surface area contributed by atoms with E-state index in [9.17, 15) is 14.0 Å². The van der Waals surface area contributed by atoms with E-state index in [-0.39, 0.29) is 5.56 Å². The van der Waals surface area contributed by atoms with Gasteiger partial charge in [0.25, 0.3) is 0 Å². The van der Waals surface area contributed by atoms with Gasteiger partial charge in [-0.15, -0.1) is 0 Å². The molecule has 5 nitrogen and oxygen atoms in total. The molecule has 15 heavy (non-hydrogen) atoms. The molecule has 1 aliphatic rings. The highest BCUT2D eigenvalue weighted by Gasteiger charge is 2.37. The highest BCUT2D eigenvalue weighted by molar-refractivity contribution is 6.14. The summed E-state index contributed by atoms with van der Waals surface area (Å²) in [4.78, 5) is 26.0. The van der Waals surface area contributed by atoms with Gasteiger partial charge in [-0.1, -0.05) is 0 Å². The summed E-state index contributed by atoms with van der Waals surface area (Å²) < 4.78 is 17.3. The monoisotopic (exact) mass is 210 g/mol. The lowest BCUT2D eigenvalue weighted by Crippen LogP contribution is -2.21. The first-order chi connectivity index (χ1) is 7.13. The number of aromatic nitrogens is 1. The summed E-state index contributed by atoms with van der Waals surface area (Å²) in [5.41, 5.74) is 0.608. The zero-order chi connectivity index (χ0) is 11.0. The quantitative estimate of drug-likeness (QED) is 0.414. The lowest BCUT2D eigenvalue weighted by molar-refractivity contribution is -0.144. The second-order valence-electron chi connectivity index (χ2n) is 3.04. The van der Waals surface area contributed by atoms with Crippen molar-refractivity contribution in [2.45, 2.75) is 5.92 Å². The molecule has 0 saturated heterocycles. The molecule has 1 aliphatic heterocycles. The van der Waals surface area contributed by atoms with Crippen LogP contribution in [0.4, 0.5) is 10.1 Å². The Balaban J connectivity index is 2.48. The lowest BCUT2D eigenvalue weighted by atomic mass is 10.0. The van der Waals surface area contributed by atoms with Crippen LogP contribution in [-0.2, 0) is 14.3 Å². The van der Waals surface area contributed by atoms with Gasteiger partial charge in [0.2, 0.25) is 11.9 Å². The second-order valence-corrected chi connectivity index (χ2v) is 3.04. The molecule has 1 aromatic heterocycles. The molecule has 2 rings (SSSR count). The van der Waals surface area contributed by atoms with E-state index in [1.54, 1.807) is 0 Å². The molecule has 0 spiro atoms. The smallest absolute Gasteiger partial charge is 0.322 e. The van der Waals surface area contributed by atoms with Gasteiger partial charge in [0.1, 0.15) is 0 Å². The molecule has 1 amide bonds. The SMILES string of the molecule is COC(=O)C1C(=O)Nc2cnc(F)cc21. The number of ether oxygens (including phenoxy) is 1. The maximum Gasteiger partial charge on any atom is 0.322 e. The minimum Gasteiger partial charge on any atom is -0.468 e. The second kappa shape index (κ2) is 3.30. The Morgan fingerprint density at radius 2 is 2.40 bits per heavy atom. The minimum absolute atomic E-state index is 0.263. The largest absolute Gasteiger partial charge is 0.468 e. The molecule has 2 heterocycles. The van der Waals surface area contributed by atoms with E-state index in [1.165, 1.54) is 13.3 Å². The van der Waals surface area contributed by atoms with Crippen molar-refractivity contribution in [3.05, 3.63) is 23.8 Å². The van der Waals surface area contributed by atoms with Crippen LogP contribution in [0.25, 0.3) is 0 Å². The molecule has 1 unspecified atom stereocenters. The van der Waals surface area contributed by atoms with Gasteiger partial charge in [-0.3, -0.25) is 9.59 Å². The summed E-state index contributed by atoms with van der Waals surface area (Å²) in [5.74, 6) is -3.07. The van der Waals surface area contributed by atoms with E-state index in [0.717, 1.165) is 6.07 Å². The third-order valence-corrected chi connectivity index (χ3v) is 2.17. The Kier molecular flexibility index (Phi) is 2.11. The van der Waals surface area contributed by atoms with Gasteiger partial charge < -0.3 is 10.1 Å². The van der Waals surface area contributed by atoms with Gasteiger partial charge in [0.05, 0.1) is 19.0 Å². The zero-order valence-electron chi connectivity index (χ0n) is 7.78. The molecular formula is C9H7FN2O3. The number of anilines is 1. The average molecular weight is 210 g/mol. The first kappa shape index (κ1) is 9.57. The fourth-order valence-corrected chi connectivity index (χ4v) is 1.49. The van der Waals surface area contributed by atoms with Crippen molar-refractivity contribution >= 4 is 17.6 Å². The number of pyridine rings is 1. The van der Waals surface area contributed by atoms with Crippen molar-refractivity contribution in [1.82, 2.24) is 4.98 Å². The van der Waals surface area contributed by atoms with Crippen molar-refractivity contribution in [2.24, 2.45) is 0 Å². The molecule has 0 aliphatic carbocycles. The summed E-state index contributed by atoms with van der Waals surface area (Å²) >= 11 is 0. The third kappa shape index (κ3) is 1.43. The molecule has 0 radical (unpaired) electrons. The van der Waals surface area contributed by atoms with E-state index in [0.29, 0.717) is 5.69 Å². The number of methoxy groups -OCH3 is 1. The number of hydrogen-bond acceptors (Lipinski definition) is 4. The number of esters is 1. The van der Waals surface area contributed by atoms with E-state index in [2.05, 4.69) is 15.0 Å². The topological polar surface area (TPSA) is 68.3 Å². The van der Waals surface area contributed by atoms with Gasteiger partial charge in [-0.05, 0) is 6.07 Å². The highest BCUT2D eigenvalue weighted by atomic mass is 19.1. The van der Waals surface area contributed by atoms with Gasteiger partial charge in [-0.2, -0.15) is 4.39 Å². The first-order valence-corrected chi connectivity index (χ1v) is 4.17. The van der Waals surface area contributed by atoms with Crippen molar-refractivity contribution in [1.29, 1.82) is 0 Å². The van der Waals surface area contributed by atoms with Gasteiger partial charge in [-0.25, -0.2) is 4.98 Å². The van der Waals surface area contributed by atoms with Crippen molar-refractivity contribution < 1.29 is 18.7 Å². The fourth-order valence-electron chi connectivity index (χ4n) is 1.49. The van der Waals surface area contributed by atoms with Crippen LogP contribution in [0.3, 0.4) is 0 Å². The number of hydrogen-bond donors (Lipinski definition) is 1. The maximum atomic E-state index is 12.8. The molecule has 6 heteroatoms. The minimum atomic E-state index is -1.09. The third-order valence-electron chi connectivity index (χ3n) is 2.17. The molecule has 0 fully saturated rings. The van der Waals surface area contributed by atoms with Gasteiger partial charge >= 0.3 is 5.97 Å². The fraction of sp³-hybridized carbons (Fsp3) is 0.222. The Morgan fingerprint density at radius 1 is 1.67 bits per heavy atom. The van der Waals surface area contributed by atoms with Crippen LogP contribution < -0.4 is 5.32 Å². The number of nitrogens with zero attached hydrogens (tertiary/aromatic N) is 1. The number of fused-ring (bicyclic) bond motifs is 1. The molecule has 1 N–H and O–H groups in total. The Bertz CT molecular complexity index is 439. The zero-order valence-corrected chi connectivity index (χ0v) is 7.78. The molecular weight excluding hydrogens is 203 g/mol. The van der Waals surface area contributed by atoms with E-state index >= 15 is 0 Å². The molecule has 0 saturated carbocycles. The van der Waals surface area contributed by atoms with Crippen LogP contribution in [0.2, 0.25) is 0 Å². The lowest BCUT2D eigenvalue weighted by Gasteiger charge is -2.04. The summed E-state index contributed by atoms with van der Waals surface area (Å²) in [6.07, 6.45) is 1.17. The number of halogens is 1. The van der Waals surface area contributed by atoms with Crippen molar-refractivity contribution in [2.75, 3.05) is 12.4 Å². The number of amides is 1. The van der Waals surface area contributed by atoms with Crippen molar-refractivity contribution in [3.63, 3.8) is 0 Å². The summed E-state index contributed by atoms with van der Waals surface area (Å²) in [6.45, 7) is 0. The molecule has 0 aromatic carbocycles. The van der Waals surface area contributed by atoms with Crippen LogP contribution in [0.5, 0.6) is 0 Å². The number of carbonyl (C=O) groups is 2. The van der Waals surface area contributed by atoms with Crippen LogP contribution in [0.15, 0.2) is 12.3 Å².